The van der Waals surface area contributed by atoms with E-state index in [0.29, 0.717) is 10.6 Å². The lowest BCUT2D eigenvalue weighted by atomic mass is 9.72. The molecule has 7 heteroatoms. The average Bonchev–Trinajstić information content (AvgIpc) is 2.90. The maximum absolute atomic E-state index is 11.4. The van der Waals surface area contributed by atoms with Gasteiger partial charge in [-0.1, -0.05) is 43.1 Å². The molecule has 2 atom stereocenters. The molecule has 0 saturated heterocycles. The van der Waals surface area contributed by atoms with E-state index in [0.717, 1.165) is 0 Å². The van der Waals surface area contributed by atoms with Gasteiger partial charge in [-0.15, -0.1) is 0 Å². The summed E-state index contributed by atoms with van der Waals surface area (Å²) >= 11 is 12.2. The second-order valence-electron chi connectivity index (χ2n) is 5.88. The largest absolute Gasteiger partial charge is 0.386 e. The number of halogens is 2. The highest BCUT2D eigenvalue weighted by molar-refractivity contribution is 6.35. The van der Waals surface area contributed by atoms with Crippen LogP contribution in [0.15, 0.2) is 30.9 Å². The molecule has 120 valence electrons. The van der Waals surface area contributed by atoms with Crippen LogP contribution < -0.4 is 0 Å². The molecular formula is C15H19Cl2N3O2. The fourth-order valence-electron chi connectivity index (χ4n) is 2.37. The number of aromatic nitrogens is 3. The van der Waals surface area contributed by atoms with E-state index >= 15 is 0 Å². The van der Waals surface area contributed by atoms with E-state index in [1.807, 2.05) is 13.8 Å². The minimum atomic E-state index is -1.66. The average molecular weight is 344 g/mol. The molecule has 0 unspecified atom stereocenters. The van der Waals surface area contributed by atoms with E-state index < -0.39 is 11.2 Å². The summed E-state index contributed by atoms with van der Waals surface area (Å²) in [5, 5.41) is 27.1. The van der Waals surface area contributed by atoms with Crippen LogP contribution in [0.1, 0.15) is 26.3 Å². The summed E-state index contributed by atoms with van der Waals surface area (Å²) in [5.74, 6) is -0.229. The van der Waals surface area contributed by atoms with Crippen molar-refractivity contribution in [3.63, 3.8) is 0 Å². The van der Waals surface area contributed by atoms with Gasteiger partial charge >= 0.3 is 0 Å². The van der Waals surface area contributed by atoms with Gasteiger partial charge in [-0.3, -0.25) is 0 Å². The molecule has 2 N–H and O–H groups in total. The van der Waals surface area contributed by atoms with Crippen molar-refractivity contribution in [3.8, 4) is 0 Å². The second-order valence-corrected chi connectivity index (χ2v) is 6.72. The summed E-state index contributed by atoms with van der Waals surface area (Å²) in [4.78, 5) is 3.87. The Labute approximate surface area is 139 Å². The number of hydrogen-bond donors (Lipinski definition) is 2. The van der Waals surface area contributed by atoms with Gasteiger partial charge in [-0.05, 0) is 25.0 Å². The second kappa shape index (κ2) is 6.16. The third-order valence-corrected chi connectivity index (χ3v) is 4.74. The molecule has 0 fully saturated rings. The lowest BCUT2D eigenvalue weighted by Crippen LogP contribution is -2.55. The monoisotopic (exact) mass is 343 g/mol. The molecule has 0 amide bonds. The van der Waals surface area contributed by atoms with Crippen molar-refractivity contribution >= 4 is 23.2 Å². The Morgan fingerprint density at radius 1 is 1.27 bits per heavy atom. The van der Waals surface area contributed by atoms with Crippen LogP contribution >= 0.6 is 23.2 Å². The maximum Gasteiger partial charge on any atom is 0.139 e. The number of hydrogen-bond acceptors (Lipinski definition) is 4. The third-order valence-electron chi connectivity index (χ3n) is 4.20. The smallest absolute Gasteiger partial charge is 0.139 e. The van der Waals surface area contributed by atoms with Crippen LogP contribution in [0.25, 0.3) is 0 Å². The molecule has 0 aliphatic rings. The molecule has 0 saturated carbocycles. The van der Waals surface area contributed by atoms with Crippen LogP contribution in [0, 0.1) is 5.92 Å². The van der Waals surface area contributed by atoms with Crippen LogP contribution in [-0.2, 0) is 12.1 Å². The maximum atomic E-state index is 11.4. The van der Waals surface area contributed by atoms with Gasteiger partial charge in [0.2, 0.25) is 0 Å². The standard InChI is InChI=1S/C15H19Cl2N3O2/c1-10(2)14(3,21)15(22,7-20-9-18-8-19-20)12-5-4-11(16)6-13(12)17/h4-6,8-10,21-22H,7H2,1-3H3/t14-,15+/m1/s1. The molecule has 1 heterocycles. The van der Waals surface area contributed by atoms with E-state index in [-0.39, 0.29) is 17.5 Å². The Morgan fingerprint density at radius 3 is 2.45 bits per heavy atom. The van der Waals surface area contributed by atoms with Gasteiger partial charge in [0.05, 0.1) is 12.1 Å². The molecule has 0 aliphatic carbocycles. The van der Waals surface area contributed by atoms with Crippen molar-refractivity contribution in [1.29, 1.82) is 0 Å². The van der Waals surface area contributed by atoms with E-state index in [1.54, 1.807) is 25.1 Å². The van der Waals surface area contributed by atoms with Crippen LogP contribution in [0.4, 0.5) is 0 Å². The predicted octanol–water partition coefficient (Wildman–Crippen LogP) is 2.88. The van der Waals surface area contributed by atoms with Crippen molar-refractivity contribution in [1.82, 2.24) is 14.8 Å². The van der Waals surface area contributed by atoms with Gasteiger partial charge in [-0.2, -0.15) is 5.10 Å². The van der Waals surface area contributed by atoms with Crippen LogP contribution in [0.2, 0.25) is 10.0 Å². The molecule has 2 aromatic rings. The minimum absolute atomic E-state index is 0.0134. The van der Waals surface area contributed by atoms with Crippen molar-refractivity contribution in [2.75, 3.05) is 0 Å². The molecule has 0 radical (unpaired) electrons. The summed E-state index contributed by atoms with van der Waals surface area (Å²) in [6.07, 6.45) is 2.85. The third kappa shape index (κ3) is 2.99. The number of rotatable bonds is 5. The SMILES string of the molecule is CC(C)[C@@](C)(O)[C@](O)(Cn1cncn1)c1ccc(Cl)cc1Cl. The molecule has 0 spiro atoms. The van der Waals surface area contributed by atoms with E-state index in [9.17, 15) is 10.2 Å². The number of aliphatic hydroxyl groups is 2. The Bertz CT molecular complexity index is 644. The first-order chi connectivity index (χ1) is 10.2. The van der Waals surface area contributed by atoms with Crippen molar-refractivity contribution in [3.05, 3.63) is 46.5 Å². The summed E-state index contributed by atoms with van der Waals surface area (Å²) in [6.45, 7) is 5.26. The van der Waals surface area contributed by atoms with Gasteiger partial charge < -0.3 is 10.2 Å². The van der Waals surface area contributed by atoms with Gasteiger partial charge in [0.1, 0.15) is 18.3 Å². The first kappa shape index (κ1) is 17.2. The fourth-order valence-corrected chi connectivity index (χ4v) is 2.93. The summed E-state index contributed by atoms with van der Waals surface area (Å²) in [7, 11) is 0. The Hall–Kier alpha value is -1.14. The van der Waals surface area contributed by atoms with Gasteiger partial charge in [0.15, 0.2) is 0 Å². The topological polar surface area (TPSA) is 71.2 Å². The minimum Gasteiger partial charge on any atom is -0.386 e. The lowest BCUT2D eigenvalue weighted by Gasteiger charge is -2.44. The Balaban J connectivity index is 2.59. The number of nitrogens with zero attached hydrogens (tertiary/aromatic N) is 3. The molecule has 0 aliphatic heterocycles. The first-order valence-corrected chi connectivity index (χ1v) is 7.67. The highest BCUT2D eigenvalue weighted by atomic mass is 35.5. The lowest BCUT2D eigenvalue weighted by molar-refractivity contribution is -0.180. The zero-order chi connectivity index (χ0) is 16.5. The van der Waals surface area contributed by atoms with E-state index in [4.69, 9.17) is 23.2 Å². The molecular weight excluding hydrogens is 325 g/mol. The van der Waals surface area contributed by atoms with Crippen LogP contribution in [0.3, 0.4) is 0 Å². The predicted molar refractivity (Wildman–Crippen MR) is 85.8 cm³/mol. The normalized spacial score (nSPS) is 17.3. The molecule has 2 rings (SSSR count). The molecule has 0 bridgehead atoms. The van der Waals surface area contributed by atoms with E-state index in [1.165, 1.54) is 17.3 Å². The van der Waals surface area contributed by atoms with Crippen LogP contribution in [0.5, 0.6) is 0 Å². The Morgan fingerprint density at radius 2 is 1.95 bits per heavy atom. The van der Waals surface area contributed by atoms with Crippen molar-refractivity contribution < 1.29 is 10.2 Å². The summed E-state index contributed by atoms with van der Waals surface area (Å²) < 4.78 is 1.46. The van der Waals surface area contributed by atoms with Gasteiger partial charge in [0.25, 0.3) is 0 Å². The molecule has 1 aromatic carbocycles. The first-order valence-electron chi connectivity index (χ1n) is 6.91. The van der Waals surface area contributed by atoms with Crippen molar-refractivity contribution in [2.24, 2.45) is 5.92 Å². The van der Waals surface area contributed by atoms with Crippen molar-refractivity contribution in [2.45, 2.75) is 38.5 Å². The zero-order valence-corrected chi connectivity index (χ0v) is 14.2. The molecule has 22 heavy (non-hydrogen) atoms. The van der Waals surface area contributed by atoms with Gasteiger partial charge in [-0.25, -0.2) is 9.67 Å². The molecule has 1 aromatic heterocycles. The number of benzene rings is 1. The zero-order valence-electron chi connectivity index (χ0n) is 12.7. The van der Waals surface area contributed by atoms with Crippen LogP contribution in [-0.4, -0.2) is 30.6 Å². The Kier molecular flexibility index (Phi) is 4.82. The molecule has 5 nitrogen and oxygen atoms in total. The summed E-state index contributed by atoms with van der Waals surface area (Å²) in [5.41, 5.74) is -2.71. The highest BCUT2D eigenvalue weighted by Crippen LogP contribution is 2.42. The van der Waals surface area contributed by atoms with Gasteiger partial charge in [0, 0.05) is 15.6 Å². The quantitative estimate of drug-likeness (QED) is 0.875. The van der Waals surface area contributed by atoms with E-state index in [2.05, 4.69) is 10.1 Å². The highest BCUT2D eigenvalue weighted by Gasteiger charge is 2.50. The fraction of sp³-hybridized carbons (Fsp3) is 0.467. The summed E-state index contributed by atoms with van der Waals surface area (Å²) in [6, 6.07) is 4.80.